The molecular weight excluding hydrogens is 317 g/mol. The summed E-state index contributed by atoms with van der Waals surface area (Å²) in [6, 6.07) is 3.54. The van der Waals surface area contributed by atoms with Gasteiger partial charge in [0, 0.05) is 5.33 Å². The molecule has 0 unspecified atom stereocenters. The minimum atomic E-state index is -4.79. The Kier molecular flexibility index (Phi) is 5.01. The highest BCUT2D eigenvalue weighted by molar-refractivity contribution is 9.08. The zero-order chi connectivity index (χ0) is 13.8. The molecule has 1 aromatic carbocycles. The van der Waals surface area contributed by atoms with Crippen molar-refractivity contribution < 1.29 is 27.4 Å². The highest BCUT2D eigenvalue weighted by Gasteiger charge is 2.31. The van der Waals surface area contributed by atoms with E-state index in [9.17, 15) is 18.0 Å². The van der Waals surface area contributed by atoms with Gasteiger partial charge in [0.15, 0.2) is 0 Å². The second kappa shape index (κ2) is 6.08. The van der Waals surface area contributed by atoms with E-state index in [0.717, 1.165) is 12.1 Å². The minimum absolute atomic E-state index is 0.0514. The van der Waals surface area contributed by atoms with Gasteiger partial charge in [0.2, 0.25) is 0 Å². The Morgan fingerprint density at radius 2 is 2.06 bits per heavy atom. The first-order valence-corrected chi connectivity index (χ1v) is 6.11. The lowest BCUT2D eigenvalue weighted by molar-refractivity contribution is -0.274. The van der Waals surface area contributed by atoms with Gasteiger partial charge < -0.3 is 9.47 Å². The van der Waals surface area contributed by atoms with Crippen molar-refractivity contribution >= 4 is 21.9 Å². The van der Waals surface area contributed by atoms with Gasteiger partial charge in [-0.3, -0.25) is 0 Å². The monoisotopic (exact) mass is 326 g/mol. The van der Waals surface area contributed by atoms with E-state index in [4.69, 9.17) is 4.74 Å². The van der Waals surface area contributed by atoms with Crippen molar-refractivity contribution in [1.29, 1.82) is 0 Å². The van der Waals surface area contributed by atoms with Crippen LogP contribution in [0.5, 0.6) is 5.75 Å². The molecule has 1 rings (SSSR count). The average molecular weight is 327 g/mol. The molecule has 0 aliphatic carbocycles. The summed E-state index contributed by atoms with van der Waals surface area (Å²) in [5.41, 5.74) is 0.582. The highest BCUT2D eigenvalue weighted by atomic mass is 79.9. The fraction of sp³-hybridized carbons (Fsp3) is 0.364. The van der Waals surface area contributed by atoms with Crippen LogP contribution < -0.4 is 4.74 Å². The molecule has 0 radical (unpaired) electrons. The Bertz CT molecular complexity index is 432. The quantitative estimate of drug-likeness (QED) is 0.625. The average Bonchev–Trinajstić information content (AvgIpc) is 2.27. The first kappa shape index (κ1) is 14.8. The van der Waals surface area contributed by atoms with Crippen LogP contribution in [0.3, 0.4) is 0 Å². The van der Waals surface area contributed by atoms with E-state index >= 15 is 0 Å². The van der Waals surface area contributed by atoms with Crippen molar-refractivity contribution in [2.45, 2.75) is 18.6 Å². The van der Waals surface area contributed by atoms with Crippen LogP contribution in [-0.4, -0.2) is 18.9 Å². The molecule has 0 aliphatic rings. The van der Waals surface area contributed by atoms with Crippen LogP contribution in [0.4, 0.5) is 13.2 Å². The maximum absolute atomic E-state index is 12.1. The SMILES string of the molecule is CCOC(=O)c1cc(OC(F)(F)F)ccc1CBr. The zero-order valence-electron chi connectivity index (χ0n) is 9.38. The molecule has 7 heteroatoms. The number of benzene rings is 1. The number of halogens is 4. The smallest absolute Gasteiger partial charge is 0.462 e. The molecule has 0 aromatic heterocycles. The van der Waals surface area contributed by atoms with Gasteiger partial charge in [-0.25, -0.2) is 4.79 Å². The fourth-order valence-electron chi connectivity index (χ4n) is 1.27. The number of rotatable bonds is 4. The van der Waals surface area contributed by atoms with E-state index in [2.05, 4.69) is 20.7 Å². The molecule has 0 heterocycles. The number of carbonyl (C=O) groups excluding carboxylic acids is 1. The number of esters is 1. The van der Waals surface area contributed by atoms with Crippen LogP contribution in [0, 0.1) is 0 Å². The van der Waals surface area contributed by atoms with Crippen molar-refractivity contribution in [2.75, 3.05) is 6.61 Å². The largest absolute Gasteiger partial charge is 0.573 e. The van der Waals surface area contributed by atoms with Crippen LogP contribution in [0.1, 0.15) is 22.8 Å². The topological polar surface area (TPSA) is 35.5 Å². The van der Waals surface area contributed by atoms with Crippen molar-refractivity contribution in [3.8, 4) is 5.75 Å². The third-order valence-electron chi connectivity index (χ3n) is 1.95. The minimum Gasteiger partial charge on any atom is -0.462 e. The van der Waals surface area contributed by atoms with Crippen molar-refractivity contribution in [3.63, 3.8) is 0 Å². The van der Waals surface area contributed by atoms with Crippen LogP contribution in [-0.2, 0) is 10.1 Å². The maximum Gasteiger partial charge on any atom is 0.573 e. The van der Waals surface area contributed by atoms with Crippen molar-refractivity contribution in [2.24, 2.45) is 0 Å². The van der Waals surface area contributed by atoms with Crippen LogP contribution in [0.2, 0.25) is 0 Å². The van der Waals surface area contributed by atoms with Gasteiger partial charge in [-0.1, -0.05) is 22.0 Å². The lowest BCUT2D eigenvalue weighted by Crippen LogP contribution is -2.18. The number of carbonyl (C=O) groups is 1. The first-order valence-electron chi connectivity index (χ1n) is 4.99. The van der Waals surface area contributed by atoms with E-state index in [1.165, 1.54) is 6.07 Å². The van der Waals surface area contributed by atoms with Gasteiger partial charge >= 0.3 is 12.3 Å². The van der Waals surface area contributed by atoms with Gasteiger partial charge in [0.05, 0.1) is 12.2 Å². The Morgan fingerprint density at radius 3 is 2.56 bits per heavy atom. The molecule has 0 fully saturated rings. The van der Waals surface area contributed by atoms with Gasteiger partial charge in [-0.05, 0) is 24.6 Å². The van der Waals surface area contributed by atoms with Crippen molar-refractivity contribution in [3.05, 3.63) is 29.3 Å². The molecule has 0 saturated heterocycles. The molecule has 0 atom stereocenters. The number of hydrogen-bond acceptors (Lipinski definition) is 3. The second-order valence-electron chi connectivity index (χ2n) is 3.22. The lowest BCUT2D eigenvalue weighted by atomic mass is 10.1. The van der Waals surface area contributed by atoms with Crippen LogP contribution >= 0.6 is 15.9 Å². The van der Waals surface area contributed by atoms with E-state index in [1.54, 1.807) is 6.92 Å². The summed E-state index contributed by atoms with van der Waals surface area (Å²) in [5, 5.41) is 0.327. The van der Waals surface area contributed by atoms with E-state index in [0.29, 0.717) is 10.9 Å². The van der Waals surface area contributed by atoms with Crippen LogP contribution in [0.15, 0.2) is 18.2 Å². The summed E-state index contributed by atoms with van der Waals surface area (Å²) in [6.07, 6.45) is -4.79. The Hall–Kier alpha value is -1.24. The highest BCUT2D eigenvalue weighted by Crippen LogP contribution is 2.26. The van der Waals surface area contributed by atoms with E-state index in [-0.39, 0.29) is 12.2 Å². The summed E-state index contributed by atoms with van der Waals surface area (Å²) in [6.45, 7) is 1.76. The summed E-state index contributed by atoms with van der Waals surface area (Å²) < 4.78 is 44.7. The fourth-order valence-corrected chi connectivity index (χ4v) is 1.76. The molecule has 0 aliphatic heterocycles. The molecule has 0 N–H and O–H groups in total. The summed E-state index contributed by atoms with van der Waals surface area (Å²) >= 11 is 3.14. The molecule has 1 aromatic rings. The van der Waals surface area contributed by atoms with Crippen molar-refractivity contribution in [1.82, 2.24) is 0 Å². The molecule has 100 valence electrons. The van der Waals surface area contributed by atoms with Crippen LogP contribution in [0.25, 0.3) is 0 Å². The number of hydrogen-bond donors (Lipinski definition) is 0. The Morgan fingerprint density at radius 1 is 1.39 bits per heavy atom. The predicted octanol–water partition coefficient (Wildman–Crippen LogP) is 3.66. The molecular formula is C11H10BrF3O3. The summed E-state index contributed by atoms with van der Waals surface area (Å²) in [5.74, 6) is -1.13. The molecule has 0 saturated carbocycles. The first-order chi connectivity index (χ1) is 8.37. The maximum atomic E-state index is 12.1. The summed E-state index contributed by atoms with van der Waals surface area (Å²) in [7, 11) is 0. The second-order valence-corrected chi connectivity index (χ2v) is 3.78. The Balaban J connectivity index is 3.05. The molecule has 3 nitrogen and oxygen atoms in total. The third kappa shape index (κ3) is 4.21. The summed E-state index contributed by atoms with van der Waals surface area (Å²) in [4.78, 5) is 11.6. The number of ether oxygens (including phenoxy) is 2. The molecule has 18 heavy (non-hydrogen) atoms. The van der Waals surface area contributed by atoms with Gasteiger partial charge in [-0.15, -0.1) is 13.2 Å². The molecule has 0 spiro atoms. The van der Waals surface area contributed by atoms with E-state index < -0.39 is 18.1 Å². The molecule has 0 bridgehead atoms. The third-order valence-corrected chi connectivity index (χ3v) is 2.56. The zero-order valence-corrected chi connectivity index (χ0v) is 11.0. The van der Waals surface area contributed by atoms with Gasteiger partial charge in [0.25, 0.3) is 0 Å². The predicted molar refractivity (Wildman–Crippen MR) is 61.7 cm³/mol. The Labute approximate surface area is 110 Å². The van der Waals surface area contributed by atoms with E-state index in [1.807, 2.05) is 0 Å². The van der Waals surface area contributed by atoms with Gasteiger partial charge in [-0.2, -0.15) is 0 Å². The molecule has 0 amide bonds. The lowest BCUT2D eigenvalue weighted by Gasteiger charge is -2.12. The number of alkyl halides is 4. The van der Waals surface area contributed by atoms with Gasteiger partial charge in [0.1, 0.15) is 5.75 Å². The normalized spacial score (nSPS) is 11.2. The standard InChI is InChI=1S/C11H10BrF3O3/c1-2-17-10(16)9-5-8(18-11(13,14)15)4-3-7(9)6-12/h3-5H,2,6H2,1H3.